The van der Waals surface area contributed by atoms with Gasteiger partial charge in [0.1, 0.15) is 12.1 Å². The number of unbranched alkanes of at least 4 members (excludes halogenated alkanes) is 5. The topological polar surface area (TPSA) is 142 Å². The van der Waals surface area contributed by atoms with Crippen molar-refractivity contribution in [2.45, 2.75) is 135 Å². The number of carbonyl (C=O) groups excluding carboxylic acids is 3. The predicted molar refractivity (Wildman–Crippen MR) is 185 cm³/mol. The van der Waals surface area contributed by atoms with Crippen molar-refractivity contribution in [1.29, 1.82) is 0 Å². The van der Waals surface area contributed by atoms with Crippen LogP contribution >= 0.6 is 0 Å². The van der Waals surface area contributed by atoms with Gasteiger partial charge >= 0.3 is 11.9 Å². The highest BCUT2D eigenvalue weighted by Crippen LogP contribution is 2.15. The first-order valence-electron chi connectivity index (χ1n) is 17.2. The Morgan fingerprint density at radius 3 is 1.80 bits per heavy atom. The summed E-state index contributed by atoms with van der Waals surface area (Å²) >= 11 is 0. The summed E-state index contributed by atoms with van der Waals surface area (Å²) in [6.07, 6.45) is 36.2. The Labute approximate surface area is 277 Å². The first-order chi connectivity index (χ1) is 22.3. The van der Waals surface area contributed by atoms with Crippen LogP contribution in [0.4, 0.5) is 0 Å². The molecular weight excluding hydrogens is 584 g/mol. The lowest BCUT2D eigenvalue weighted by Crippen LogP contribution is -2.47. The largest absolute Gasteiger partial charge is 0.480 e. The number of carboxylic acids is 1. The van der Waals surface area contributed by atoms with Crippen LogP contribution < -0.4 is 10.6 Å². The normalized spacial score (nSPS) is 13.3. The lowest BCUT2D eigenvalue weighted by atomic mass is 10.1. The number of esters is 1. The minimum absolute atomic E-state index is 0.106. The van der Waals surface area contributed by atoms with E-state index in [1.807, 2.05) is 0 Å². The average Bonchev–Trinajstić information content (AvgIpc) is 3.03. The van der Waals surface area contributed by atoms with Gasteiger partial charge in [-0.15, -0.1) is 0 Å². The SMILES string of the molecule is CC/C=C\C/C=C\C/C=C\C/C=C\C/C=C\CCCCCC(=O)OC(CCC)CCCCCC(=O)NCC(=O)NC(CO)C(=O)O. The van der Waals surface area contributed by atoms with Crippen molar-refractivity contribution in [2.75, 3.05) is 13.2 Å². The number of ether oxygens (including phenoxy) is 1. The molecule has 0 aromatic rings. The lowest BCUT2D eigenvalue weighted by molar-refractivity contribution is -0.150. The standard InChI is InChI=1S/C37H60N2O7/c1-3-5-6-7-8-9-10-11-12-13-14-15-16-17-18-19-20-21-25-29-36(43)46-32(26-4-2)27-23-22-24-28-34(41)38-30-35(42)39-33(31-40)37(44)45/h5-6,8-9,11-12,14-15,17-18,32-33,40H,3-4,7,10,13,16,19-31H2,1-2H3,(H,38,41)(H,39,42)(H,44,45)/b6-5-,9-8-,12-11-,15-14-,18-17-. The van der Waals surface area contributed by atoms with Gasteiger partial charge in [0, 0.05) is 12.8 Å². The number of carbonyl (C=O) groups is 4. The number of rotatable bonds is 29. The Bertz CT molecular complexity index is 969. The summed E-state index contributed by atoms with van der Waals surface area (Å²) in [4.78, 5) is 46.8. The van der Waals surface area contributed by atoms with Gasteiger partial charge in [0.05, 0.1) is 13.2 Å². The third kappa shape index (κ3) is 28.0. The van der Waals surface area contributed by atoms with Crippen molar-refractivity contribution < 1.29 is 34.1 Å². The third-order valence-corrected chi connectivity index (χ3v) is 7.01. The summed E-state index contributed by atoms with van der Waals surface area (Å²) in [7, 11) is 0. The Hall–Kier alpha value is -3.46. The summed E-state index contributed by atoms with van der Waals surface area (Å²) in [5.41, 5.74) is 0. The van der Waals surface area contributed by atoms with E-state index in [1.165, 1.54) is 0 Å². The van der Waals surface area contributed by atoms with E-state index in [4.69, 9.17) is 14.9 Å². The molecule has 0 aromatic heterocycles. The van der Waals surface area contributed by atoms with Crippen molar-refractivity contribution in [3.05, 3.63) is 60.8 Å². The number of aliphatic hydroxyl groups is 1. The maximum atomic E-state index is 12.4. The molecule has 0 heterocycles. The molecule has 0 saturated carbocycles. The number of nitrogens with one attached hydrogen (secondary N) is 2. The van der Waals surface area contributed by atoms with Crippen molar-refractivity contribution in [2.24, 2.45) is 0 Å². The predicted octanol–water partition coefficient (Wildman–Crippen LogP) is 7.03. The summed E-state index contributed by atoms with van der Waals surface area (Å²) in [6, 6.07) is -1.39. The number of carboxylic acid groups (broad SMARTS) is 1. The van der Waals surface area contributed by atoms with Gasteiger partial charge in [0.2, 0.25) is 11.8 Å². The van der Waals surface area contributed by atoms with E-state index in [0.29, 0.717) is 12.8 Å². The molecule has 0 bridgehead atoms. The van der Waals surface area contributed by atoms with Crippen LogP contribution in [0.5, 0.6) is 0 Å². The molecule has 260 valence electrons. The van der Waals surface area contributed by atoms with Gasteiger partial charge in [-0.3, -0.25) is 14.4 Å². The van der Waals surface area contributed by atoms with Crippen LogP contribution in [-0.2, 0) is 23.9 Å². The van der Waals surface area contributed by atoms with E-state index in [1.54, 1.807) is 0 Å². The molecule has 0 rings (SSSR count). The maximum absolute atomic E-state index is 12.4. The second-order valence-corrected chi connectivity index (χ2v) is 11.2. The molecule has 2 atom stereocenters. The minimum atomic E-state index is -1.39. The van der Waals surface area contributed by atoms with Crippen molar-refractivity contribution in [3.63, 3.8) is 0 Å². The number of amides is 2. The Kier molecular flexibility index (Phi) is 29.1. The van der Waals surface area contributed by atoms with E-state index < -0.39 is 24.5 Å². The van der Waals surface area contributed by atoms with E-state index >= 15 is 0 Å². The van der Waals surface area contributed by atoms with Crippen LogP contribution in [0.15, 0.2) is 60.8 Å². The monoisotopic (exact) mass is 644 g/mol. The fourth-order valence-corrected chi connectivity index (χ4v) is 4.44. The molecular formula is C37H60N2O7. The van der Waals surface area contributed by atoms with Crippen LogP contribution in [0.3, 0.4) is 0 Å². The van der Waals surface area contributed by atoms with Crippen molar-refractivity contribution >= 4 is 23.8 Å². The number of aliphatic hydroxyl groups excluding tert-OH is 1. The van der Waals surface area contributed by atoms with Gasteiger partial charge in [-0.25, -0.2) is 4.79 Å². The van der Waals surface area contributed by atoms with Gasteiger partial charge in [-0.2, -0.15) is 0 Å². The highest BCUT2D eigenvalue weighted by molar-refractivity contribution is 5.87. The summed E-state index contributed by atoms with van der Waals surface area (Å²) in [6.45, 7) is 3.13. The molecule has 0 fully saturated rings. The maximum Gasteiger partial charge on any atom is 0.328 e. The Morgan fingerprint density at radius 1 is 0.674 bits per heavy atom. The first-order valence-corrected chi connectivity index (χ1v) is 17.2. The zero-order valence-corrected chi connectivity index (χ0v) is 28.3. The molecule has 46 heavy (non-hydrogen) atoms. The van der Waals surface area contributed by atoms with Crippen LogP contribution in [0.2, 0.25) is 0 Å². The minimum Gasteiger partial charge on any atom is -0.480 e. The molecule has 9 heteroatoms. The molecule has 0 aliphatic rings. The van der Waals surface area contributed by atoms with Crippen molar-refractivity contribution in [1.82, 2.24) is 10.6 Å². The van der Waals surface area contributed by atoms with Crippen molar-refractivity contribution in [3.8, 4) is 0 Å². The van der Waals surface area contributed by atoms with Crippen LogP contribution in [0.1, 0.15) is 123 Å². The zero-order valence-electron chi connectivity index (χ0n) is 28.3. The fraction of sp³-hybridized carbons (Fsp3) is 0.622. The van der Waals surface area contributed by atoms with Crippen LogP contribution in [-0.4, -0.2) is 59.3 Å². The zero-order chi connectivity index (χ0) is 34.1. The van der Waals surface area contributed by atoms with Gasteiger partial charge in [0.15, 0.2) is 0 Å². The summed E-state index contributed by atoms with van der Waals surface area (Å²) in [5, 5.41) is 22.3. The quantitative estimate of drug-likeness (QED) is 0.0389. The highest BCUT2D eigenvalue weighted by atomic mass is 16.5. The molecule has 0 saturated heterocycles. The fourth-order valence-electron chi connectivity index (χ4n) is 4.44. The van der Waals surface area contributed by atoms with E-state index in [-0.39, 0.29) is 30.9 Å². The first kappa shape index (κ1) is 42.5. The molecule has 0 radical (unpaired) electrons. The average molecular weight is 645 g/mol. The smallest absolute Gasteiger partial charge is 0.328 e. The highest BCUT2D eigenvalue weighted by Gasteiger charge is 2.19. The molecule has 0 spiro atoms. The van der Waals surface area contributed by atoms with Crippen LogP contribution in [0.25, 0.3) is 0 Å². The summed E-state index contributed by atoms with van der Waals surface area (Å²) < 4.78 is 5.72. The van der Waals surface area contributed by atoms with Gasteiger partial charge in [0.25, 0.3) is 0 Å². The summed E-state index contributed by atoms with van der Waals surface area (Å²) in [5.74, 6) is -2.46. The third-order valence-electron chi connectivity index (χ3n) is 7.01. The second kappa shape index (κ2) is 31.5. The molecule has 0 aliphatic heterocycles. The molecule has 2 unspecified atom stereocenters. The molecule has 2 amide bonds. The van der Waals surface area contributed by atoms with E-state index in [2.05, 4.69) is 85.2 Å². The number of hydrogen-bond acceptors (Lipinski definition) is 6. The molecule has 9 nitrogen and oxygen atoms in total. The lowest BCUT2D eigenvalue weighted by Gasteiger charge is -2.17. The number of hydrogen-bond donors (Lipinski definition) is 4. The van der Waals surface area contributed by atoms with Gasteiger partial charge in [-0.05, 0) is 77.0 Å². The van der Waals surface area contributed by atoms with Gasteiger partial charge < -0.3 is 25.6 Å². The van der Waals surface area contributed by atoms with E-state index in [0.717, 1.165) is 89.9 Å². The van der Waals surface area contributed by atoms with Crippen LogP contribution in [0, 0.1) is 0 Å². The number of aliphatic carboxylic acids is 1. The number of allylic oxidation sites excluding steroid dienone is 10. The van der Waals surface area contributed by atoms with Gasteiger partial charge in [-0.1, -0.05) is 93.9 Å². The molecule has 4 N–H and O–H groups in total. The van der Waals surface area contributed by atoms with E-state index in [9.17, 15) is 19.2 Å². The second-order valence-electron chi connectivity index (χ2n) is 11.2. The Morgan fingerprint density at radius 2 is 1.24 bits per heavy atom. The molecule has 0 aliphatic carbocycles. The molecule has 0 aromatic carbocycles. The Balaban J connectivity index is 3.90.